The molecule has 2 rings (SSSR count). The number of nitrogens with zero attached hydrogens (tertiary/aromatic N) is 2. The van der Waals surface area contributed by atoms with Crippen LogP contribution in [-0.2, 0) is 24.3 Å². The Labute approximate surface area is 315 Å². The number of likely N-dealkylation sites (N-methyl/N-ethyl adjacent to an activating group) is 1. The molecule has 1 amide bonds. The van der Waals surface area contributed by atoms with Gasteiger partial charge >= 0.3 is 5.97 Å². The van der Waals surface area contributed by atoms with Crippen LogP contribution in [0.3, 0.4) is 0 Å². The number of anilines is 2. The van der Waals surface area contributed by atoms with Crippen LogP contribution in [0.1, 0.15) is 115 Å². The van der Waals surface area contributed by atoms with Gasteiger partial charge in [-0.2, -0.15) is 0 Å². The molecule has 0 saturated carbocycles. The van der Waals surface area contributed by atoms with Crippen LogP contribution in [0.5, 0.6) is 0 Å². The Bertz CT molecular complexity index is 1620. The van der Waals surface area contributed by atoms with Gasteiger partial charge in [-0.15, -0.1) is 0 Å². The summed E-state index contributed by atoms with van der Waals surface area (Å²) < 4.78 is 30.9. The minimum Gasteiger partial charge on any atom is -0.462 e. The van der Waals surface area contributed by atoms with E-state index in [1.807, 2.05) is 17.9 Å². The first kappa shape index (κ1) is 44.2. The molecule has 2 aromatic rings. The maximum atomic E-state index is 13.7. The van der Waals surface area contributed by atoms with Gasteiger partial charge in [-0.1, -0.05) is 109 Å². The van der Waals surface area contributed by atoms with E-state index < -0.39 is 33.1 Å². The second kappa shape index (κ2) is 21.5. The molecule has 0 heterocycles. The minimum atomic E-state index is -3.32. The van der Waals surface area contributed by atoms with E-state index in [0.29, 0.717) is 24.3 Å². The summed E-state index contributed by atoms with van der Waals surface area (Å²) in [7, 11) is -3.32. The first-order chi connectivity index (χ1) is 24.0. The number of sulfonamides is 1. The molecule has 0 spiro atoms. The Hall–Kier alpha value is -2.99. The summed E-state index contributed by atoms with van der Waals surface area (Å²) in [6.07, 6.45) is 12.7. The summed E-state index contributed by atoms with van der Waals surface area (Å²) in [6, 6.07) is 8.24. The number of rotatable bonds is 22. The number of aliphatic imine (C=N–C) groups is 1. The van der Waals surface area contributed by atoms with Gasteiger partial charge in [0.1, 0.15) is 0 Å². The number of Topliss-reactive ketones (excluding diaryl/α,β-unsaturated/α-hetero) is 1. The van der Waals surface area contributed by atoms with E-state index >= 15 is 0 Å². The number of hydrogen-bond acceptors (Lipinski definition) is 8. The largest absolute Gasteiger partial charge is 0.462 e. The summed E-state index contributed by atoms with van der Waals surface area (Å²) in [5, 5.41) is 2.60. The molecular weight excluding hydrogens is 711 g/mol. The van der Waals surface area contributed by atoms with Gasteiger partial charge in [0.15, 0.2) is 11.5 Å². The lowest BCUT2D eigenvalue weighted by Crippen LogP contribution is -2.37. The molecule has 0 aromatic heterocycles. The fourth-order valence-electron chi connectivity index (χ4n) is 5.31. The number of amides is 1. The Kier molecular flexibility index (Phi) is 18.6. The molecule has 51 heavy (non-hydrogen) atoms. The number of halogens is 2. The molecule has 0 aliphatic heterocycles. The zero-order valence-corrected chi connectivity index (χ0v) is 33.6. The monoisotopic (exact) mass is 766 g/mol. The highest BCUT2D eigenvalue weighted by molar-refractivity contribution is 7.88. The lowest BCUT2D eigenvalue weighted by molar-refractivity contribution is -0.121. The van der Waals surface area contributed by atoms with Crippen molar-refractivity contribution >= 4 is 73.7 Å². The number of hydrogen-bond donors (Lipinski definition) is 2. The van der Waals surface area contributed by atoms with Crippen molar-refractivity contribution in [3.8, 4) is 0 Å². The van der Waals surface area contributed by atoms with E-state index in [9.17, 15) is 22.8 Å². The summed E-state index contributed by atoms with van der Waals surface area (Å²) in [4.78, 5) is 46.8. The smallest absolute Gasteiger partial charge is 0.339 e. The quantitative estimate of drug-likeness (QED) is 0.0529. The summed E-state index contributed by atoms with van der Waals surface area (Å²) in [5.41, 5.74) is 0.619. The van der Waals surface area contributed by atoms with E-state index in [4.69, 9.17) is 27.9 Å². The van der Waals surface area contributed by atoms with Gasteiger partial charge in [0, 0.05) is 30.7 Å². The van der Waals surface area contributed by atoms with Crippen LogP contribution in [0.15, 0.2) is 35.3 Å². The van der Waals surface area contributed by atoms with Gasteiger partial charge in [0.05, 0.1) is 39.8 Å². The fraction of sp³-hybridized carbons (Fsp3) is 0.579. The number of ketones is 1. The van der Waals surface area contributed by atoms with Crippen molar-refractivity contribution in [1.29, 1.82) is 0 Å². The third-order valence-corrected chi connectivity index (χ3v) is 9.73. The highest BCUT2D eigenvalue weighted by atomic mass is 35.5. The zero-order valence-electron chi connectivity index (χ0n) is 31.3. The zero-order chi connectivity index (χ0) is 38.2. The topological polar surface area (TPSA) is 134 Å². The fourth-order valence-corrected chi connectivity index (χ4v) is 6.31. The summed E-state index contributed by atoms with van der Waals surface area (Å²) in [5.74, 6) is -1.98. The Morgan fingerprint density at radius 2 is 1.51 bits per heavy atom. The summed E-state index contributed by atoms with van der Waals surface area (Å²) >= 11 is 13.0. The van der Waals surface area contributed by atoms with Crippen molar-refractivity contribution in [2.45, 2.75) is 106 Å². The molecule has 13 heteroatoms. The second-order valence-corrected chi connectivity index (χ2v) is 16.4. The average Bonchev–Trinajstić information content (AvgIpc) is 3.05. The van der Waals surface area contributed by atoms with Gasteiger partial charge < -0.3 is 15.0 Å². The van der Waals surface area contributed by atoms with Crippen molar-refractivity contribution in [1.82, 2.24) is 4.72 Å². The molecule has 2 aromatic carbocycles. The molecule has 0 atom stereocenters. The third kappa shape index (κ3) is 15.3. The Morgan fingerprint density at radius 1 is 0.902 bits per heavy atom. The lowest BCUT2D eigenvalue weighted by Gasteiger charge is -2.24. The number of benzene rings is 2. The molecule has 2 N–H and O–H groups in total. The first-order valence-corrected chi connectivity index (χ1v) is 20.5. The molecular formula is C38H56Cl2N4O6S. The number of unbranched alkanes of at least 4 members (excludes halogenated alkanes) is 9. The van der Waals surface area contributed by atoms with Crippen LogP contribution in [0.4, 0.5) is 17.1 Å². The third-order valence-electron chi connectivity index (χ3n) is 8.30. The number of aryl methyl sites for hydroxylation is 1. The predicted molar refractivity (Wildman–Crippen MR) is 211 cm³/mol. The van der Waals surface area contributed by atoms with Gasteiger partial charge in [-0.05, 0) is 56.2 Å². The lowest BCUT2D eigenvalue weighted by atomic mass is 9.87. The van der Waals surface area contributed by atoms with E-state index in [1.165, 1.54) is 57.1 Å². The van der Waals surface area contributed by atoms with Crippen LogP contribution in [0, 0.1) is 12.3 Å². The Morgan fingerprint density at radius 3 is 2.06 bits per heavy atom. The van der Waals surface area contributed by atoms with Crippen LogP contribution in [-0.4, -0.2) is 64.3 Å². The van der Waals surface area contributed by atoms with Crippen molar-refractivity contribution in [3.63, 3.8) is 0 Å². The van der Waals surface area contributed by atoms with Gasteiger partial charge in [-0.25, -0.2) is 22.9 Å². The molecule has 0 aliphatic rings. The van der Waals surface area contributed by atoms with Crippen LogP contribution in [0.2, 0.25) is 10.0 Å². The standard InChI is InChI=1S/C38H56Cl2N4O6S/c1-8-10-11-12-13-14-15-16-17-18-25-50-37(47)29-20-21-30(39)33(32(29)40)43-36(46)34(35(45)38(4,5)6)42-31-22-19-28(26-27(31)3)44(9-2)24-23-41-51(7,48)49/h19-22,26,41H,8-18,23-25H2,1-7H3,(H,43,46). The minimum absolute atomic E-state index is 0.0283. The van der Waals surface area contributed by atoms with E-state index in [-0.39, 0.29) is 40.2 Å². The van der Waals surface area contributed by atoms with Crippen molar-refractivity contribution in [3.05, 3.63) is 51.5 Å². The van der Waals surface area contributed by atoms with Gasteiger partial charge in [0.2, 0.25) is 10.0 Å². The maximum Gasteiger partial charge on any atom is 0.339 e. The van der Waals surface area contributed by atoms with Crippen LogP contribution >= 0.6 is 23.2 Å². The SMILES string of the molecule is CCCCCCCCCCCCOC(=O)c1ccc(Cl)c(NC(=O)C(=Nc2ccc(N(CC)CCNS(C)(=O)=O)cc2C)C(=O)C(C)(C)C)c1Cl. The first-order valence-electron chi connectivity index (χ1n) is 17.9. The maximum absolute atomic E-state index is 13.7. The van der Waals surface area contributed by atoms with Gasteiger partial charge in [-0.3, -0.25) is 9.59 Å². The molecule has 284 valence electrons. The molecule has 0 bridgehead atoms. The molecule has 0 saturated heterocycles. The number of carbonyl (C=O) groups is 3. The normalized spacial score (nSPS) is 12.1. The Balaban J connectivity index is 2.19. The van der Waals surface area contributed by atoms with Crippen molar-refractivity contribution in [2.75, 3.05) is 42.7 Å². The number of ether oxygens (including phenoxy) is 1. The van der Waals surface area contributed by atoms with E-state index in [0.717, 1.165) is 31.2 Å². The second-order valence-electron chi connectivity index (χ2n) is 13.8. The molecule has 0 aliphatic carbocycles. The van der Waals surface area contributed by atoms with Gasteiger partial charge in [0.25, 0.3) is 5.91 Å². The number of nitrogens with one attached hydrogen (secondary N) is 2. The molecule has 0 fully saturated rings. The molecule has 10 nitrogen and oxygen atoms in total. The summed E-state index contributed by atoms with van der Waals surface area (Å²) in [6.45, 7) is 12.6. The van der Waals surface area contributed by atoms with Crippen LogP contribution in [0.25, 0.3) is 0 Å². The number of esters is 1. The van der Waals surface area contributed by atoms with Crippen molar-refractivity contribution < 1.29 is 27.5 Å². The predicted octanol–water partition coefficient (Wildman–Crippen LogP) is 9.08. The molecule has 0 unspecified atom stereocenters. The highest BCUT2D eigenvalue weighted by Crippen LogP contribution is 2.34. The molecule has 0 radical (unpaired) electrons. The van der Waals surface area contributed by atoms with E-state index in [2.05, 4.69) is 22.0 Å². The van der Waals surface area contributed by atoms with Crippen molar-refractivity contribution in [2.24, 2.45) is 10.4 Å². The van der Waals surface area contributed by atoms with E-state index in [1.54, 1.807) is 39.8 Å². The van der Waals surface area contributed by atoms with Crippen LogP contribution < -0.4 is 14.9 Å². The highest BCUT2D eigenvalue weighted by Gasteiger charge is 2.32. The average molecular weight is 768 g/mol. The number of carbonyl (C=O) groups excluding carboxylic acids is 3.